The Morgan fingerprint density at radius 2 is 1.70 bits per heavy atom. The molecule has 0 saturated heterocycles. The summed E-state index contributed by atoms with van der Waals surface area (Å²) in [5, 5.41) is 10.4. The Balaban J connectivity index is 1.57. The maximum atomic E-state index is 12.9. The van der Waals surface area contributed by atoms with Crippen LogP contribution in [0.5, 0.6) is 0 Å². The molecule has 0 fully saturated rings. The molecule has 1 unspecified atom stereocenters. The fraction of sp³-hybridized carbons (Fsp3) is 0.370. The van der Waals surface area contributed by atoms with E-state index in [9.17, 15) is 9.59 Å². The molecule has 0 aliphatic rings. The Bertz CT molecular complexity index is 1100. The minimum atomic E-state index is -0.564. The molecule has 2 aromatic carbocycles. The lowest BCUT2D eigenvalue weighted by atomic mass is 10.0. The molecule has 2 amide bonds. The summed E-state index contributed by atoms with van der Waals surface area (Å²) >= 11 is 0. The normalized spacial score (nSPS) is 11.9. The molecule has 0 radical (unpaired) electrons. The first-order chi connectivity index (χ1) is 15.7. The first kappa shape index (κ1) is 24.2. The summed E-state index contributed by atoms with van der Waals surface area (Å²) in [6, 6.07) is 17.1. The third kappa shape index (κ3) is 6.54. The number of benzene rings is 2. The molecule has 174 valence electrons. The molecule has 0 aliphatic heterocycles. The highest BCUT2D eigenvalue weighted by Gasteiger charge is 2.22. The van der Waals surface area contributed by atoms with Gasteiger partial charge in [0.25, 0.3) is 5.91 Å². The number of carbonyl (C=O) groups excluding carboxylic acids is 2. The van der Waals surface area contributed by atoms with E-state index in [0.29, 0.717) is 24.9 Å². The minimum Gasteiger partial charge on any atom is -0.354 e. The van der Waals surface area contributed by atoms with E-state index in [1.807, 2.05) is 69.6 Å². The van der Waals surface area contributed by atoms with E-state index in [-0.39, 0.29) is 17.7 Å². The lowest BCUT2D eigenvalue weighted by Gasteiger charge is -2.21. The van der Waals surface area contributed by atoms with Crippen molar-refractivity contribution in [1.29, 1.82) is 0 Å². The van der Waals surface area contributed by atoms with Gasteiger partial charge in [-0.05, 0) is 74.9 Å². The SMILES string of the molecule is Cc1cc(C)n(-c2ccc(CCNC(=O)C(CC(C)C)NC(=O)c3ccccc3C)cc2)n1. The van der Waals surface area contributed by atoms with Crippen LogP contribution < -0.4 is 10.6 Å². The molecule has 0 bridgehead atoms. The number of aromatic nitrogens is 2. The first-order valence-electron chi connectivity index (χ1n) is 11.5. The molecule has 6 heteroatoms. The van der Waals surface area contributed by atoms with E-state index in [1.165, 1.54) is 0 Å². The van der Waals surface area contributed by atoms with Crippen molar-refractivity contribution in [3.05, 3.63) is 82.7 Å². The largest absolute Gasteiger partial charge is 0.354 e. The lowest BCUT2D eigenvalue weighted by molar-refractivity contribution is -0.123. The maximum absolute atomic E-state index is 12.9. The second-order valence-electron chi connectivity index (χ2n) is 9.02. The molecular formula is C27H34N4O2. The first-order valence-corrected chi connectivity index (χ1v) is 11.5. The van der Waals surface area contributed by atoms with Crippen molar-refractivity contribution in [3.63, 3.8) is 0 Å². The highest BCUT2D eigenvalue weighted by atomic mass is 16.2. The smallest absolute Gasteiger partial charge is 0.252 e. The van der Waals surface area contributed by atoms with Crippen molar-refractivity contribution < 1.29 is 9.59 Å². The highest BCUT2D eigenvalue weighted by molar-refractivity contribution is 5.98. The van der Waals surface area contributed by atoms with Crippen molar-refractivity contribution >= 4 is 11.8 Å². The molecule has 2 N–H and O–H groups in total. The number of hydrogen-bond acceptors (Lipinski definition) is 3. The average molecular weight is 447 g/mol. The van der Waals surface area contributed by atoms with Crippen LogP contribution in [-0.4, -0.2) is 34.2 Å². The zero-order valence-electron chi connectivity index (χ0n) is 20.2. The zero-order valence-corrected chi connectivity index (χ0v) is 20.2. The maximum Gasteiger partial charge on any atom is 0.252 e. The monoisotopic (exact) mass is 446 g/mol. The van der Waals surface area contributed by atoms with E-state index in [0.717, 1.165) is 28.2 Å². The number of nitrogens with zero attached hydrogens (tertiary/aromatic N) is 2. The molecule has 0 spiro atoms. The predicted octanol–water partition coefficient (Wildman–Crippen LogP) is 4.30. The van der Waals surface area contributed by atoms with Gasteiger partial charge in [0, 0.05) is 17.8 Å². The third-order valence-electron chi connectivity index (χ3n) is 5.62. The van der Waals surface area contributed by atoms with Crippen LogP contribution in [-0.2, 0) is 11.2 Å². The van der Waals surface area contributed by atoms with Crippen LogP contribution in [0.3, 0.4) is 0 Å². The fourth-order valence-corrected chi connectivity index (χ4v) is 3.91. The van der Waals surface area contributed by atoms with Crippen LogP contribution >= 0.6 is 0 Å². The number of hydrogen-bond donors (Lipinski definition) is 2. The molecule has 3 rings (SSSR count). The van der Waals surface area contributed by atoms with Gasteiger partial charge in [0.15, 0.2) is 0 Å². The summed E-state index contributed by atoms with van der Waals surface area (Å²) in [5.74, 6) is -0.0848. The Kier molecular flexibility index (Phi) is 8.04. The van der Waals surface area contributed by atoms with Crippen molar-refractivity contribution in [2.24, 2.45) is 5.92 Å². The Morgan fingerprint density at radius 3 is 2.30 bits per heavy atom. The van der Waals surface area contributed by atoms with Crippen LogP contribution in [0.4, 0.5) is 0 Å². The summed E-state index contributed by atoms with van der Waals surface area (Å²) in [7, 11) is 0. The van der Waals surface area contributed by atoms with Gasteiger partial charge in [-0.15, -0.1) is 0 Å². The summed E-state index contributed by atoms with van der Waals surface area (Å²) < 4.78 is 1.93. The number of nitrogens with one attached hydrogen (secondary N) is 2. The lowest BCUT2D eigenvalue weighted by Crippen LogP contribution is -2.48. The Morgan fingerprint density at radius 1 is 1.00 bits per heavy atom. The van der Waals surface area contributed by atoms with Crippen LogP contribution in [0.2, 0.25) is 0 Å². The molecule has 0 aliphatic carbocycles. The van der Waals surface area contributed by atoms with Crippen molar-refractivity contribution in [2.45, 2.75) is 53.5 Å². The fourth-order valence-electron chi connectivity index (χ4n) is 3.91. The number of aryl methyl sites for hydroxylation is 3. The molecule has 1 atom stereocenters. The minimum absolute atomic E-state index is 0.148. The summed E-state index contributed by atoms with van der Waals surface area (Å²) in [6.45, 7) is 10.5. The molecule has 6 nitrogen and oxygen atoms in total. The molecule has 1 aromatic heterocycles. The van der Waals surface area contributed by atoms with Crippen LogP contribution in [0.25, 0.3) is 5.69 Å². The van der Waals surface area contributed by atoms with Crippen LogP contribution in [0.15, 0.2) is 54.6 Å². The van der Waals surface area contributed by atoms with Crippen molar-refractivity contribution in [3.8, 4) is 5.69 Å². The van der Waals surface area contributed by atoms with Gasteiger partial charge < -0.3 is 10.6 Å². The topological polar surface area (TPSA) is 76.0 Å². The van der Waals surface area contributed by atoms with Gasteiger partial charge in [-0.1, -0.05) is 44.2 Å². The van der Waals surface area contributed by atoms with E-state index < -0.39 is 6.04 Å². The summed E-state index contributed by atoms with van der Waals surface area (Å²) in [6.07, 6.45) is 1.30. The molecule has 33 heavy (non-hydrogen) atoms. The van der Waals surface area contributed by atoms with Crippen LogP contribution in [0.1, 0.15) is 53.1 Å². The zero-order chi connectivity index (χ0) is 24.0. The van der Waals surface area contributed by atoms with Gasteiger partial charge in [-0.2, -0.15) is 5.10 Å². The van der Waals surface area contributed by atoms with Crippen molar-refractivity contribution in [2.75, 3.05) is 6.54 Å². The second kappa shape index (κ2) is 10.9. The van der Waals surface area contributed by atoms with E-state index in [4.69, 9.17) is 0 Å². The van der Waals surface area contributed by atoms with Gasteiger partial charge in [0.2, 0.25) is 5.91 Å². The molecular weight excluding hydrogens is 412 g/mol. The number of rotatable bonds is 9. The second-order valence-corrected chi connectivity index (χ2v) is 9.02. The quantitative estimate of drug-likeness (QED) is 0.515. The highest BCUT2D eigenvalue weighted by Crippen LogP contribution is 2.14. The summed E-state index contributed by atoms with van der Waals surface area (Å²) in [5.41, 5.74) is 5.72. The van der Waals surface area contributed by atoms with Gasteiger partial charge >= 0.3 is 0 Å². The standard InChI is InChI=1S/C27H34N4O2/c1-18(2)16-25(29-26(32)24-9-7-6-8-19(24)3)27(33)28-15-14-22-10-12-23(13-11-22)31-21(5)17-20(4)30-31/h6-13,17-18,25H,14-16H2,1-5H3,(H,28,33)(H,29,32). The average Bonchev–Trinajstić information content (AvgIpc) is 3.11. The summed E-state index contributed by atoms with van der Waals surface area (Å²) in [4.78, 5) is 25.6. The predicted molar refractivity (Wildman–Crippen MR) is 132 cm³/mol. The Hall–Kier alpha value is -3.41. The van der Waals surface area contributed by atoms with Crippen LogP contribution in [0, 0.1) is 26.7 Å². The molecule has 3 aromatic rings. The third-order valence-corrected chi connectivity index (χ3v) is 5.62. The number of amides is 2. The van der Waals surface area contributed by atoms with E-state index in [2.05, 4.69) is 33.9 Å². The number of carbonyl (C=O) groups is 2. The van der Waals surface area contributed by atoms with E-state index >= 15 is 0 Å². The van der Waals surface area contributed by atoms with Gasteiger partial charge in [-0.25, -0.2) is 4.68 Å². The van der Waals surface area contributed by atoms with Gasteiger partial charge in [0.1, 0.15) is 6.04 Å². The van der Waals surface area contributed by atoms with Gasteiger partial charge in [0.05, 0.1) is 11.4 Å². The molecule has 1 heterocycles. The van der Waals surface area contributed by atoms with Crippen molar-refractivity contribution in [1.82, 2.24) is 20.4 Å². The Labute approximate surface area is 196 Å². The van der Waals surface area contributed by atoms with E-state index in [1.54, 1.807) is 6.07 Å². The van der Waals surface area contributed by atoms with Gasteiger partial charge in [-0.3, -0.25) is 9.59 Å². The molecule has 0 saturated carbocycles.